The second-order valence-corrected chi connectivity index (χ2v) is 4.87. The van der Waals surface area contributed by atoms with Crippen molar-refractivity contribution in [3.63, 3.8) is 0 Å². The molecule has 0 atom stereocenters. The molecule has 0 heterocycles. The highest BCUT2D eigenvalue weighted by Gasteiger charge is 2.16. The zero-order chi connectivity index (χ0) is 18.2. The third-order valence-electron chi connectivity index (χ3n) is 3.34. The van der Waals surface area contributed by atoms with Gasteiger partial charge in [-0.05, 0) is 24.3 Å². The summed E-state index contributed by atoms with van der Waals surface area (Å²) in [6, 6.07) is 11.7. The van der Waals surface area contributed by atoms with E-state index in [2.05, 4.69) is 5.32 Å². The van der Waals surface area contributed by atoms with Crippen molar-refractivity contribution in [2.24, 2.45) is 0 Å². The van der Waals surface area contributed by atoms with Crippen LogP contribution in [0.25, 0.3) is 0 Å². The number of nitrogens with one attached hydrogen (secondary N) is 1. The van der Waals surface area contributed by atoms with E-state index in [1.807, 2.05) is 0 Å². The van der Waals surface area contributed by atoms with Crippen molar-refractivity contribution in [2.45, 2.75) is 0 Å². The van der Waals surface area contributed by atoms with E-state index in [0.717, 1.165) is 0 Å². The molecular formula is C18H19NO6. The Bertz CT molecular complexity index is 737. The summed E-state index contributed by atoms with van der Waals surface area (Å²) in [5, 5.41) is 2.62. The fourth-order valence-corrected chi connectivity index (χ4v) is 2.16. The molecule has 0 bridgehead atoms. The van der Waals surface area contributed by atoms with Gasteiger partial charge in [0.2, 0.25) is 5.75 Å². The molecule has 2 aromatic rings. The Kier molecular flexibility index (Phi) is 6.22. The first-order valence-electron chi connectivity index (χ1n) is 7.41. The Balaban J connectivity index is 2.09. The van der Waals surface area contributed by atoms with Gasteiger partial charge in [-0.3, -0.25) is 4.79 Å². The number of hydrogen-bond donors (Lipinski definition) is 1. The van der Waals surface area contributed by atoms with Crippen LogP contribution in [0.15, 0.2) is 42.5 Å². The number of carbonyl (C=O) groups excluding carboxylic acids is 2. The zero-order valence-corrected chi connectivity index (χ0v) is 14.2. The molecular weight excluding hydrogens is 326 g/mol. The van der Waals surface area contributed by atoms with Crippen molar-refractivity contribution < 1.29 is 28.5 Å². The van der Waals surface area contributed by atoms with Gasteiger partial charge in [-0.15, -0.1) is 0 Å². The van der Waals surface area contributed by atoms with Crippen molar-refractivity contribution in [1.29, 1.82) is 0 Å². The first-order valence-corrected chi connectivity index (χ1v) is 7.41. The van der Waals surface area contributed by atoms with Crippen LogP contribution in [0.3, 0.4) is 0 Å². The smallest absolute Gasteiger partial charge is 0.339 e. The molecule has 132 valence electrons. The summed E-state index contributed by atoms with van der Waals surface area (Å²) in [6.07, 6.45) is 0. The van der Waals surface area contributed by atoms with Crippen LogP contribution in [0.2, 0.25) is 0 Å². The minimum Gasteiger partial charge on any atom is -0.493 e. The molecule has 0 spiro atoms. The lowest BCUT2D eigenvalue weighted by molar-refractivity contribution is -0.118. The Hall–Kier alpha value is -3.22. The molecule has 0 saturated carbocycles. The quantitative estimate of drug-likeness (QED) is 0.777. The van der Waals surface area contributed by atoms with Crippen molar-refractivity contribution in [3.8, 4) is 17.2 Å². The molecule has 1 N–H and O–H groups in total. The fourth-order valence-electron chi connectivity index (χ4n) is 2.16. The van der Waals surface area contributed by atoms with E-state index in [1.54, 1.807) is 42.5 Å². The van der Waals surface area contributed by atoms with Crippen molar-refractivity contribution in [2.75, 3.05) is 33.3 Å². The second kappa shape index (κ2) is 8.58. The Morgan fingerprint density at radius 3 is 2.16 bits per heavy atom. The van der Waals surface area contributed by atoms with Crippen molar-refractivity contribution in [1.82, 2.24) is 0 Å². The van der Waals surface area contributed by atoms with Gasteiger partial charge in [0.05, 0.1) is 32.6 Å². The fraction of sp³-hybridized carbons (Fsp3) is 0.222. The number of hydrogen-bond acceptors (Lipinski definition) is 6. The highest BCUT2D eigenvalue weighted by atomic mass is 16.5. The number of anilines is 1. The predicted octanol–water partition coefficient (Wildman–Crippen LogP) is 2.51. The van der Waals surface area contributed by atoms with Crippen LogP contribution >= 0.6 is 0 Å². The van der Waals surface area contributed by atoms with Crippen LogP contribution in [0.4, 0.5) is 5.69 Å². The van der Waals surface area contributed by atoms with Gasteiger partial charge in [0.25, 0.3) is 5.91 Å². The minimum absolute atomic E-state index is 0.258. The highest BCUT2D eigenvalue weighted by Crippen LogP contribution is 2.36. The average molecular weight is 345 g/mol. The Morgan fingerprint density at radius 1 is 0.920 bits per heavy atom. The summed E-state index contributed by atoms with van der Waals surface area (Å²) < 4.78 is 20.6. The summed E-state index contributed by atoms with van der Waals surface area (Å²) in [7, 11) is 4.26. The van der Waals surface area contributed by atoms with Crippen LogP contribution < -0.4 is 19.5 Å². The number of carbonyl (C=O) groups is 2. The number of amides is 1. The van der Waals surface area contributed by atoms with Gasteiger partial charge in [-0.1, -0.05) is 18.2 Å². The monoisotopic (exact) mass is 345 g/mol. The molecule has 2 aromatic carbocycles. The molecule has 0 saturated heterocycles. The number of methoxy groups -OCH3 is 3. The van der Waals surface area contributed by atoms with E-state index in [0.29, 0.717) is 22.9 Å². The van der Waals surface area contributed by atoms with Gasteiger partial charge in [-0.2, -0.15) is 0 Å². The average Bonchev–Trinajstić information content (AvgIpc) is 2.65. The molecule has 0 aliphatic heterocycles. The summed E-state index contributed by atoms with van der Waals surface area (Å²) >= 11 is 0. The summed E-state index contributed by atoms with van der Waals surface area (Å²) in [4.78, 5) is 23.9. The van der Waals surface area contributed by atoms with Crippen LogP contribution in [-0.4, -0.2) is 39.8 Å². The van der Waals surface area contributed by atoms with E-state index < -0.39 is 11.9 Å². The lowest BCUT2D eigenvalue weighted by Gasteiger charge is -2.14. The number of esters is 1. The largest absolute Gasteiger partial charge is 0.493 e. The zero-order valence-electron chi connectivity index (χ0n) is 14.2. The molecule has 1 amide bonds. The first-order chi connectivity index (χ1) is 12.1. The third-order valence-corrected chi connectivity index (χ3v) is 3.34. The maximum absolute atomic E-state index is 12.2. The molecule has 2 rings (SSSR count). The van der Waals surface area contributed by atoms with Crippen LogP contribution in [0.1, 0.15) is 10.4 Å². The van der Waals surface area contributed by atoms with E-state index in [1.165, 1.54) is 21.3 Å². The van der Waals surface area contributed by atoms with Gasteiger partial charge in [0.1, 0.15) is 0 Å². The topological polar surface area (TPSA) is 83.1 Å². The molecule has 0 aromatic heterocycles. The van der Waals surface area contributed by atoms with Gasteiger partial charge < -0.3 is 24.3 Å². The van der Waals surface area contributed by atoms with Crippen molar-refractivity contribution >= 4 is 17.6 Å². The van der Waals surface area contributed by atoms with Crippen LogP contribution in [-0.2, 0) is 9.53 Å². The molecule has 0 fully saturated rings. The molecule has 0 aliphatic carbocycles. The maximum Gasteiger partial charge on any atom is 0.339 e. The number of benzene rings is 2. The minimum atomic E-state index is -0.539. The van der Waals surface area contributed by atoms with Gasteiger partial charge >= 0.3 is 5.97 Å². The Morgan fingerprint density at radius 2 is 1.56 bits per heavy atom. The Labute approximate surface area is 145 Å². The number of rotatable bonds is 7. The molecule has 7 heteroatoms. The number of ether oxygens (including phenoxy) is 4. The van der Waals surface area contributed by atoms with E-state index >= 15 is 0 Å². The standard InChI is InChI=1S/C18H19NO6/c1-22-14-9-6-10-15(23-2)17(14)25-11-16(20)19-13-8-5-4-7-12(13)18(21)24-3/h4-10H,11H2,1-3H3,(H,19,20). The molecule has 7 nitrogen and oxygen atoms in total. The second-order valence-electron chi connectivity index (χ2n) is 4.87. The molecule has 0 radical (unpaired) electrons. The van der Waals surface area contributed by atoms with Gasteiger partial charge in [0, 0.05) is 0 Å². The third kappa shape index (κ3) is 4.41. The van der Waals surface area contributed by atoms with E-state index in [4.69, 9.17) is 18.9 Å². The van der Waals surface area contributed by atoms with Crippen LogP contribution in [0, 0.1) is 0 Å². The van der Waals surface area contributed by atoms with E-state index in [-0.39, 0.29) is 12.2 Å². The lowest BCUT2D eigenvalue weighted by atomic mass is 10.2. The highest BCUT2D eigenvalue weighted by molar-refractivity contribution is 6.01. The SMILES string of the molecule is COC(=O)c1ccccc1NC(=O)COc1c(OC)cccc1OC. The summed E-state index contributed by atoms with van der Waals surface area (Å²) in [6.45, 7) is -0.285. The molecule has 0 unspecified atom stereocenters. The maximum atomic E-state index is 12.2. The van der Waals surface area contributed by atoms with Crippen LogP contribution in [0.5, 0.6) is 17.2 Å². The predicted molar refractivity (Wildman–Crippen MR) is 91.5 cm³/mol. The normalized spacial score (nSPS) is 9.88. The van der Waals surface area contributed by atoms with Crippen molar-refractivity contribution in [3.05, 3.63) is 48.0 Å². The lowest BCUT2D eigenvalue weighted by Crippen LogP contribution is -2.22. The summed E-state index contributed by atoms with van der Waals surface area (Å²) in [5.41, 5.74) is 0.600. The van der Waals surface area contributed by atoms with Gasteiger partial charge in [-0.25, -0.2) is 4.79 Å². The van der Waals surface area contributed by atoms with E-state index in [9.17, 15) is 9.59 Å². The molecule has 0 aliphatic rings. The van der Waals surface area contributed by atoms with Gasteiger partial charge in [0.15, 0.2) is 18.1 Å². The number of para-hydroxylation sites is 2. The first kappa shape index (κ1) is 18.1. The molecule has 25 heavy (non-hydrogen) atoms. The summed E-state index contributed by atoms with van der Waals surface area (Å²) in [5.74, 6) is 0.237.